The van der Waals surface area contributed by atoms with Crippen LogP contribution in [0.2, 0.25) is 0 Å². The van der Waals surface area contributed by atoms with Crippen LogP contribution in [0.15, 0.2) is 18.2 Å². The van der Waals surface area contributed by atoms with Crippen LogP contribution in [0.1, 0.15) is 24.9 Å². The van der Waals surface area contributed by atoms with Gasteiger partial charge in [0.2, 0.25) is 0 Å². The van der Waals surface area contributed by atoms with Crippen LogP contribution in [0.4, 0.5) is 8.78 Å². The third-order valence-electron chi connectivity index (χ3n) is 2.45. The molecule has 0 aliphatic carbocycles. The second-order valence-corrected chi connectivity index (χ2v) is 3.50. The number of rotatable bonds is 6. The molecule has 16 heavy (non-hydrogen) atoms. The summed E-state index contributed by atoms with van der Waals surface area (Å²) in [5, 5.41) is 3.05. The summed E-state index contributed by atoms with van der Waals surface area (Å²) < 4.78 is 31.0. The van der Waals surface area contributed by atoms with Gasteiger partial charge in [-0.15, -0.1) is 0 Å². The van der Waals surface area contributed by atoms with Gasteiger partial charge in [0, 0.05) is 19.3 Å². The maximum absolute atomic E-state index is 13.0. The van der Waals surface area contributed by atoms with Gasteiger partial charge in [0.25, 0.3) is 0 Å². The lowest BCUT2D eigenvalue weighted by molar-refractivity contribution is 0.137. The van der Waals surface area contributed by atoms with E-state index in [2.05, 4.69) is 5.32 Å². The molecule has 0 heterocycles. The van der Waals surface area contributed by atoms with E-state index < -0.39 is 11.6 Å². The summed E-state index contributed by atoms with van der Waals surface area (Å²) in [6, 6.07) is 3.95. The van der Waals surface area contributed by atoms with E-state index in [0.717, 1.165) is 18.1 Å². The van der Waals surface area contributed by atoms with Gasteiger partial charge < -0.3 is 10.1 Å². The molecule has 0 aliphatic rings. The number of hydrogen-bond acceptors (Lipinski definition) is 2. The Morgan fingerprint density at radius 1 is 1.31 bits per heavy atom. The zero-order chi connectivity index (χ0) is 12.0. The lowest BCUT2D eigenvalue weighted by Crippen LogP contribution is -2.18. The molecule has 4 heteroatoms. The summed E-state index contributed by atoms with van der Waals surface area (Å²) >= 11 is 0. The molecule has 0 radical (unpaired) electrons. The van der Waals surface area contributed by atoms with Crippen LogP contribution in [-0.2, 0) is 4.74 Å². The third-order valence-corrected chi connectivity index (χ3v) is 2.45. The standard InChI is InChI=1S/C12H17F2NO/c1-3-16-7-6-12(15-2)9-4-5-10(13)11(14)8-9/h4-5,8,12,15H,3,6-7H2,1-2H3. The minimum Gasteiger partial charge on any atom is -0.382 e. The van der Waals surface area contributed by atoms with E-state index in [-0.39, 0.29) is 6.04 Å². The molecular weight excluding hydrogens is 212 g/mol. The highest BCUT2D eigenvalue weighted by Crippen LogP contribution is 2.18. The van der Waals surface area contributed by atoms with Gasteiger partial charge in [0.15, 0.2) is 11.6 Å². The Kier molecular flexibility index (Phi) is 5.35. The summed E-state index contributed by atoms with van der Waals surface area (Å²) in [5.74, 6) is -1.63. The third kappa shape index (κ3) is 3.54. The highest BCUT2D eigenvalue weighted by molar-refractivity contribution is 5.21. The SMILES string of the molecule is CCOCCC(NC)c1ccc(F)c(F)c1. The average molecular weight is 229 g/mol. The van der Waals surface area contributed by atoms with Crippen molar-refractivity contribution in [1.82, 2.24) is 5.32 Å². The molecule has 1 aromatic rings. The van der Waals surface area contributed by atoms with Crippen LogP contribution in [0.5, 0.6) is 0 Å². The normalized spacial score (nSPS) is 12.8. The van der Waals surface area contributed by atoms with Gasteiger partial charge in [-0.3, -0.25) is 0 Å². The maximum Gasteiger partial charge on any atom is 0.159 e. The number of hydrogen-bond donors (Lipinski definition) is 1. The van der Waals surface area contributed by atoms with Gasteiger partial charge in [0.05, 0.1) is 0 Å². The van der Waals surface area contributed by atoms with E-state index in [1.54, 1.807) is 13.1 Å². The predicted octanol–water partition coefficient (Wildman–Crippen LogP) is 2.65. The zero-order valence-corrected chi connectivity index (χ0v) is 9.59. The molecule has 0 aliphatic heterocycles. The smallest absolute Gasteiger partial charge is 0.159 e. The summed E-state index contributed by atoms with van der Waals surface area (Å²) in [5.41, 5.74) is 0.737. The molecule has 1 N–H and O–H groups in total. The number of nitrogens with one attached hydrogen (secondary N) is 1. The van der Waals surface area contributed by atoms with Crippen molar-refractivity contribution in [2.24, 2.45) is 0 Å². The first kappa shape index (κ1) is 13.1. The monoisotopic (exact) mass is 229 g/mol. The topological polar surface area (TPSA) is 21.3 Å². The van der Waals surface area contributed by atoms with E-state index in [9.17, 15) is 8.78 Å². The van der Waals surface area contributed by atoms with Gasteiger partial charge in [-0.05, 0) is 38.1 Å². The Balaban J connectivity index is 2.67. The summed E-state index contributed by atoms with van der Waals surface area (Å²) in [4.78, 5) is 0. The van der Waals surface area contributed by atoms with Crippen LogP contribution in [0.3, 0.4) is 0 Å². The van der Waals surface area contributed by atoms with Gasteiger partial charge in [0.1, 0.15) is 0 Å². The highest BCUT2D eigenvalue weighted by Gasteiger charge is 2.11. The quantitative estimate of drug-likeness (QED) is 0.757. The fraction of sp³-hybridized carbons (Fsp3) is 0.500. The van der Waals surface area contributed by atoms with Crippen LogP contribution in [-0.4, -0.2) is 20.3 Å². The fourth-order valence-corrected chi connectivity index (χ4v) is 1.55. The first-order chi connectivity index (χ1) is 7.69. The average Bonchev–Trinajstić information content (AvgIpc) is 2.29. The van der Waals surface area contributed by atoms with Crippen molar-refractivity contribution in [2.75, 3.05) is 20.3 Å². The van der Waals surface area contributed by atoms with Crippen LogP contribution < -0.4 is 5.32 Å². The predicted molar refractivity (Wildman–Crippen MR) is 59.3 cm³/mol. The van der Waals surface area contributed by atoms with E-state index in [0.29, 0.717) is 13.2 Å². The van der Waals surface area contributed by atoms with Crippen LogP contribution >= 0.6 is 0 Å². The number of benzene rings is 1. The molecule has 1 rings (SSSR count). The lowest BCUT2D eigenvalue weighted by Gasteiger charge is -2.16. The molecule has 0 saturated heterocycles. The van der Waals surface area contributed by atoms with Crippen LogP contribution in [0.25, 0.3) is 0 Å². The second kappa shape index (κ2) is 6.55. The number of halogens is 2. The molecule has 0 fully saturated rings. The Bertz CT molecular complexity index is 331. The Labute approximate surface area is 94.6 Å². The summed E-state index contributed by atoms with van der Waals surface area (Å²) in [7, 11) is 1.79. The van der Waals surface area contributed by atoms with Crippen molar-refractivity contribution in [3.8, 4) is 0 Å². The van der Waals surface area contributed by atoms with Crippen molar-refractivity contribution < 1.29 is 13.5 Å². The minimum atomic E-state index is -0.816. The highest BCUT2D eigenvalue weighted by atomic mass is 19.2. The second-order valence-electron chi connectivity index (χ2n) is 3.50. The molecule has 1 atom stereocenters. The van der Waals surface area contributed by atoms with Crippen molar-refractivity contribution >= 4 is 0 Å². The summed E-state index contributed by atoms with van der Waals surface area (Å²) in [6.45, 7) is 3.18. The van der Waals surface area contributed by atoms with Crippen molar-refractivity contribution in [2.45, 2.75) is 19.4 Å². The van der Waals surface area contributed by atoms with Crippen LogP contribution in [0, 0.1) is 11.6 Å². The minimum absolute atomic E-state index is 0.0124. The zero-order valence-electron chi connectivity index (χ0n) is 9.59. The largest absolute Gasteiger partial charge is 0.382 e. The van der Waals surface area contributed by atoms with Crippen molar-refractivity contribution in [1.29, 1.82) is 0 Å². The maximum atomic E-state index is 13.0. The summed E-state index contributed by atoms with van der Waals surface area (Å²) in [6.07, 6.45) is 0.732. The van der Waals surface area contributed by atoms with Crippen molar-refractivity contribution in [3.63, 3.8) is 0 Å². The van der Waals surface area contributed by atoms with E-state index in [1.165, 1.54) is 6.07 Å². The van der Waals surface area contributed by atoms with E-state index in [1.807, 2.05) is 6.92 Å². The van der Waals surface area contributed by atoms with Crippen molar-refractivity contribution in [3.05, 3.63) is 35.4 Å². The molecular formula is C12H17F2NO. The first-order valence-corrected chi connectivity index (χ1v) is 5.39. The lowest BCUT2D eigenvalue weighted by atomic mass is 10.0. The molecule has 0 aromatic heterocycles. The molecule has 0 spiro atoms. The molecule has 2 nitrogen and oxygen atoms in total. The van der Waals surface area contributed by atoms with Gasteiger partial charge >= 0.3 is 0 Å². The van der Waals surface area contributed by atoms with Gasteiger partial charge in [-0.2, -0.15) is 0 Å². The molecule has 1 unspecified atom stereocenters. The van der Waals surface area contributed by atoms with Gasteiger partial charge in [-0.25, -0.2) is 8.78 Å². The van der Waals surface area contributed by atoms with Gasteiger partial charge in [-0.1, -0.05) is 6.07 Å². The Hall–Kier alpha value is -1.00. The van der Waals surface area contributed by atoms with E-state index >= 15 is 0 Å². The fourth-order valence-electron chi connectivity index (χ4n) is 1.55. The molecule has 1 aromatic carbocycles. The molecule has 90 valence electrons. The molecule has 0 saturated carbocycles. The Morgan fingerprint density at radius 3 is 2.62 bits per heavy atom. The first-order valence-electron chi connectivity index (χ1n) is 5.39. The van der Waals surface area contributed by atoms with E-state index in [4.69, 9.17) is 4.74 Å². The molecule has 0 amide bonds. The molecule has 0 bridgehead atoms. The number of ether oxygens (including phenoxy) is 1. The Morgan fingerprint density at radius 2 is 2.06 bits per heavy atom.